The molecule has 0 aliphatic heterocycles. The fourth-order valence-corrected chi connectivity index (χ4v) is 2.41. The van der Waals surface area contributed by atoms with Crippen LogP contribution >= 0.6 is 11.6 Å². The number of aliphatic imine (C=N–C) groups is 1. The van der Waals surface area contributed by atoms with Crippen molar-refractivity contribution < 1.29 is 4.79 Å². The van der Waals surface area contributed by atoms with Crippen LogP contribution in [0.5, 0.6) is 0 Å². The third-order valence-corrected chi connectivity index (χ3v) is 4.35. The Morgan fingerprint density at radius 1 is 1.12 bits per heavy atom. The minimum atomic E-state index is -0.131. The molecule has 1 amide bonds. The quantitative estimate of drug-likeness (QED) is 0.557. The van der Waals surface area contributed by atoms with Crippen LogP contribution in [0.15, 0.2) is 41.4 Å². The number of carbonyl (C=O) groups excluding carboxylic acids is 1. The molecule has 2 aromatic rings. The zero-order valence-electron chi connectivity index (χ0n) is 14.7. The van der Waals surface area contributed by atoms with Crippen molar-refractivity contribution >= 4 is 34.8 Å². The minimum absolute atomic E-state index is 0.131. The average Bonchev–Trinajstić information content (AvgIpc) is 2.55. The Labute approximate surface area is 153 Å². The minimum Gasteiger partial charge on any atom is -0.370 e. The van der Waals surface area contributed by atoms with Crippen molar-refractivity contribution in [2.75, 3.05) is 17.2 Å². The smallest absolute Gasteiger partial charge is 0.226 e. The van der Waals surface area contributed by atoms with E-state index in [-0.39, 0.29) is 18.3 Å². The van der Waals surface area contributed by atoms with E-state index in [1.54, 1.807) is 12.1 Å². The van der Waals surface area contributed by atoms with Gasteiger partial charge in [0.05, 0.1) is 6.54 Å². The number of nitrogens with zero attached hydrogens (tertiary/aromatic N) is 1. The number of nitrogens with one attached hydrogen (secondary N) is 2. The Kier molecular flexibility index (Phi) is 6.42. The average molecular weight is 359 g/mol. The Morgan fingerprint density at radius 3 is 2.60 bits per heavy atom. The summed E-state index contributed by atoms with van der Waals surface area (Å²) in [5.41, 5.74) is 10.7. The molecule has 0 radical (unpaired) electrons. The summed E-state index contributed by atoms with van der Waals surface area (Å²) >= 11 is 6.04. The van der Waals surface area contributed by atoms with Crippen LogP contribution in [0.2, 0.25) is 5.02 Å². The van der Waals surface area contributed by atoms with E-state index in [0.717, 1.165) is 11.3 Å². The molecule has 2 aromatic carbocycles. The molecule has 4 N–H and O–H groups in total. The standard InChI is InChI=1S/C19H23ClN4O/c1-12-7-8-15(11-13(12)2)23-19(21)22-10-9-18(25)24-17-6-4-5-16(20)14(17)3/h4-8,11H,9-10H2,1-3H3,(H,24,25)(H3,21,22,23). The molecule has 0 aliphatic rings. The molecule has 25 heavy (non-hydrogen) atoms. The van der Waals surface area contributed by atoms with E-state index in [9.17, 15) is 4.79 Å². The second-order valence-electron chi connectivity index (χ2n) is 5.90. The number of anilines is 2. The van der Waals surface area contributed by atoms with Crippen molar-refractivity contribution in [3.63, 3.8) is 0 Å². The number of rotatable bonds is 5. The molecule has 0 atom stereocenters. The first-order chi connectivity index (χ1) is 11.9. The van der Waals surface area contributed by atoms with Crippen molar-refractivity contribution in [2.24, 2.45) is 10.7 Å². The van der Waals surface area contributed by atoms with Gasteiger partial charge in [0.1, 0.15) is 0 Å². The van der Waals surface area contributed by atoms with Gasteiger partial charge in [-0.1, -0.05) is 23.7 Å². The molecule has 0 aliphatic carbocycles. The SMILES string of the molecule is Cc1ccc(NC(N)=NCCC(=O)Nc2cccc(Cl)c2C)cc1C. The summed E-state index contributed by atoms with van der Waals surface area (Å²) in [6, 6.07) is 11.4. The molecular weight excluding hydrogens is 336 g/mol. The van der Waals surface area contributed by atoms with Crippen LogP contribution in [-0.2, 0) is 4.79 Å². The van der Waals surface area contributed by atoms with Crippen LogP contribution in [-0.4, -0.2) is 18.4 Å². The molecular formula is C19H23ClN4O. The first-order valence-corrected chi connectivity index (χ1v) is 8.44. The number of aryl methyl sites for hydroxylation is 2. The topological polar surface area (TPSA) is 79.5 Å². The van der Waals surface area contributed by atoms with Gasteiger partial charge in [0.15, 0.2) is 5.96 Å². The van der Waals surface area contributed by atoms with Gasteiger partial charge in [-0.25, -0.2) is 0 Å². The van der Waals surface area contributed by atoms with Gasteiger partial charge in [-0.15, -0.1) is 0 Å². The van der Waals surface area contributed by atoms with Crippen LogP contribution in [0.25, 0.3) is 0 Å². The van der Waals surface area contributed by atoms with Crippen molar-refractivity contribution in [1.82, 2.24) is 0 Å². The second kappa shape index (κ2) is 8.53. The van der Waals surface area contributed by atoms with Crippen molar-refractivity contribution in [3.05, 3.63) is 58.1 Å². The van der Waals surface area contributed by atoms with Gasteiger partial charge in [0, 0.05) is 22.8 Å². The number of benzene rings is 2. The molecule has 2 rings (SSSR count). The molecule has 0 heterocycles. The number of guanidine groups is 1. The fourth-order valence-electron chi connectivity index (χ4n) is 2.24. The first-order valence-electron chi connectivity index (χ1n) is 8.06. The summed E-state index contributed by atoms with van der Waals surface area (Å²) in [7, 11) is 0. The van der Waals surface area contributed by atoms with Gasteiger partial charge in [0.25, 0.3) is 0 Å². The highest BCUT2D eigenvalue weighted by molar-refractivity contribution is 6.31. The van der Waals surface area contributed by atoms with Gasteiger partial charge in [-0.3, -0.25) is 9.79 Å². The molecule has 0 unspecified atom stereocenters. The molecule has 6 heteroatoms. The summed E-state index contributed by atoms with van der Waals surface area (Å²) in [6.45, 7) is 6.25. The zero-order valence-corrected chi connectivity index (χ0v) is 15.4. The molecule has 0 saturated heterocycles. The third-order valence-electron chi connectivity index (χ3n) is 3.94. The van der Waals surface area contributed by atoms with Gasteiger partial charge in [0.2, 0.25) is 5.91 Å². The van der Waals surface area contributed by atoms with Gasteiger partial charge in [-0.05, 0) is 61.7 Å². The second-order valence-corrected chi connectivity index (χ2v) is 6.31. The summed E-state index contributed by atoms with van der Waals surface area (Å²) in [5.74, 6) is 0.156. The third kappa shape index (κ3) is 5.50. The van der Waals surface area contributed by atoms with E-state index in [1.807, 2.05) is 38.1 Å². The monoisotopic (exact) mass is 358 g/mol. The van der Waals surface area contributed by atoms with Gasteiger partial charge in [-0.2, -0.15) is 0 Å². The molecule has 0 saturated carbocycles. The van der Waals surface area contributed by atoms with Crippen molar-refractivity contribution in [1.29, 1.82) is 0 Å². The van der Waals surface area contributed by atoms with E-state index in [0.29, 0.717) is 17.3 Å². The number of carbonyl (C=O) groups is 1. The van der Waals surface area contributed by atoms with Crippen LogP contribution in [0.3, 0.4) is 0 Å². The largest absolute Gasteiger partial charge is 0.370 e. The van der Waals surface area contributed by atoms with E-state index in [4.69, 9.17) is 17.3 Å². The molecule has 0 spiro atoms. The maximum Gasteiger partial charge on any atom is 0.226 e. The molecule has 5 nitrogen and oxygen atoms in total. The maximum absolute atomic E-state index is 12.0. The Balaban J connectivity index is 1.85. The van der Waals surface area contributed by atoms with Crippen molar-refractivity contribution in [2.45, 2.75) is 27.2 Å². The first kappa shape index (κ1) is 18.8. The normalized spacial score (nSPS) is 11.3. The van der Waals surface area contributed by atoms with Crippen LogP contribution < -0.4 is 16.4 Å². The van der Waals surface area contributed by atoms with Gasteiger partial charge < -0.3 is 16.4 Å². The summed E-state index contributed by atoms with van der Waals surface area (Å²) in [5, 5.41) is 6.49. The number of amides is 1. The predicted molar refractivity (Wildman–Crippen MR) is 105 cm³/mol. The van der Waals surface area contributed by atoms with Crippen LogP contribution in [0, 0.1) is 20.8 Å². The molecule has 132 valence electrons. The highest BCUT2D eigenvalue weighted by Gasteiger charge is 2.06. The predicted octanol–water partition coefficient (Wildman–Crippen LogP) is 4.02. The van der Waals surface area contributed by atoms with E-state index in [2.05, 4.69) is 22.5 Å². The van der Waals surface area contributed by atoms with Crippen molar-refractivity contribution in [3.8, 4) is 0 Å². The number of hydrogen-bond donors (Lipinski definition) is 3. The maximum atomic E-state index is 12.0. The lowest BCUT2D eigenvalue weighted by atomic mass is 10.1. The van der Waals surface area contributed by atoms with E-state index < -0.39 is 0 Å². The van der Waals surface area contributed by atoms with Crippen LogP contribution in [0.1, 0.15) is 23.1 Å². The molecule has 0 aromatic heterocycles. The summed E-state index contributed by atoms with van der Waals surface area (Å²) in [4.78, 5) is 16.2. The van der Waals surface area contributed by atoms with Gasteiger partial charge >= 0.3 is 0 Å². The highest BCUT2D eigenvalue weighted by Crippen LogP contribution is 2.22. The Bertz CT molecular complexity index is 802. The summed E-state index contributed by atoms with van der Waals surface area (Å²) < 4.78 is 0. The lowest BCUT2D eigenvalue weighted by Crippen LogP contribution is -2.23. The lowest BCUT2D eigenvalue weighted by Gasteiger charge is -2.09. The fraction of sp³-hybridized carbons (Fsp3) is 0.263. The Hall–Kier alpha value is -2.53. The number of hydrogen-bond acceptors (Lipinski definition) is 2. The molecule has 0 bridgehead atoms. The molecule has 0 fully saturated rings. The Morgan fingerprint density at radius 2 is 1.88 bits per heavy atom. The zero-order chi connectivity index (χ0) is 18.4. The lowest BCUT2D eigenvalue weighted by molar-refractivity contribution is -0.116. The van der Waals surface area contributed by atoms with E-state index in [1.165, 1.54) is 11.1 Å². The number of halogens is 1. The highest BCUT2D eigenvalue weighted by atomic mass is 35.5. The summed E-state index contributed by atoms with van der Waals surface area (Å²) in [6.07, 6.45) is 0.237. The van der Waals surface area contributed by atoms with Crippen LogP contribution in [0.4, 0.5) is 11.4 Å². The number of nitrogens with two attached hydrogens (primary N) is 1. The van der Waals surface area contributed by atoms with E-state index >= 15 is 0 Å².